The number of anilines is 1. The highest BCUT2D eigenvalue weighted by atomic mass is 19.1. The molecule has 0 fully saturated rings. The molecule has 108 valence electrons. The van der Waals surface area contributed by atoms with E-state index in [9.17, 15) is 14.0 Å². The Morgan fingerprint density at radius 3 is 2.38 bits per heavy atom. The van der Waals surface area contributed by atoms with Crippen LogP contribution in [-0.2, 0) is 11.2 Å². The van der Waals surface area contributed by atoms with Gasteiger partial charge in [-0.1, -0.05) is 29.8 Å². The third-order valence-electron chi connectivity index (χ3n) is 2.98. The summed E-state index contributed by atoms with van der Waals surface area (Å²) in [6.45, 7) is 1.95. The Labute approximate surface area is 121 Å². The van der Waals surface area contributed by atoms with E-state index < -0.39 is 11.8 Å². The monoisotopic (exact) mass is 287 g/mol. The number of hydrogen-bond donors (Lipinski definition) is 2. The van der Waals surface area contributed by atoms with Crippen molar-refractivity contribution in [2.24, 2.45) is 0 Å². The van der Waals surface area contributed by atoms with Crippen molar-refractivity contribution in [2.45, 2.75) is 13.3 Å². The molecule has 5 heteroatoms. The highest BCUT2D eigenvalue weighted by Crippen LogP contribution is 2.16. The number of carboxylic acids is 1. The van der Waals surface area contributed by atoms with Gasteiger partial charge in [0, 0.05) is 0 Å². The van der Waals surface area contributed by atoms with E-state index in [2.05, 4.69) is 5.32 Å². The molecule has 21 heavy (non-hydrogen) atoms. The fourth-order valence-electron chi connectivity index (χ4n) is 1.84. The number of benzene rings is 2. The molecular weight excluding hydrogens is 273 g/mol. The second-order valence-corrected chi connectivity index (χ2v) is 4.71. The molecule has 0 atom stereocenters. The Kier molecular flexibility index (Phi) is 4.33. The molecule has 0 unspecified atom stereocenters. The van der Waals surface area contributed by atoms with Crippen molar-refractivity contribution in [3.63, 3.8) is 0 Å². The number of halogens is 1. The summed E-state index contributed by atoms with van der Waals surface area (Å²) in [6, 6.07) is 10.8. The number of aromatic carboxylic acids is 1. The largest absolute Gasteiger partial charge is 0.478 e. The molecule has 0 saturated heterocycles. The Balaban J connectivity index is 2.06. The third-order valence-corrected chi connectivity index (χ3v) is 2.98. The highest BCUT2D eigenvalue weighted by molar-refractivity contribution is 5.93. The summed E-state index contributed by atoms with van der Waals surface area (Å²) in [5.41, 5.74) is 1.72. The van der Waals surface area contributed by atoms with Crippen LogP contribution >= 0.6 is 0 Å². The van der Waals surface area contributed by atoms with Gasteiger partial charge in [-0.05, 0) is 30.7 Å². The molecule has 2 aromatic carbocycles. The Bertz CT molecular complexity index is 680. The number of rotatable bonds is 4. The average Bonchev–Trinajstić information content (AvgIpc) is 2.43. The predicted molar refractivity (Wildman–Crippen MR) is 76.9 cm³/mol. The lowest BCUT2D eigenvalue weighted by molar-refractivity contribution is -0.115. The van der Waals surface area contributed by atoms with Crippen LogP contribution in [0.3, 0.4) is 0 Å². The van der Waals surface area contributed by atoms with Gasteiger partial charge in [0.15, 0.2) is 0 Å². The van der Waals surface area contributed by atoms with Crippen molar-refractivity contribution in [3.8, 4) is 0 Å². The maximum absolute atomic E-state index is 13.7. The molecule has 0 aliphatic carbocycles. The van der Waals surface area contributed by atoms with Crippen molar-refractivity contribution < 1.29 is 19.1 Å². The molecule has 0 bridgehead atoms. The molecule has 2 aromatic rings. The van der Waals surface area contributed by atoms with Crippen LogP contribution in [0.5, 0.6) is 0 Å². The van der Waals surface area contributed by atoms with Crippen molar-refractivity contribution in [2.75, 3.05) is 5.32 Å². The number of amides is 1. The molecule has 2 N–H and O–H groups in total. The minimum absolute atomic E-state index is 0.0305. The van der Waals surface area contributed by atoms with Gasteiger partial charge in [0.2, 0.25) is 5.91 Å². The molecule has 0 saturated carbocycles. The van der Waals surface area contributed by atoms with Crippen LogP contribution in [0.15, 0.2) is 42.5 Å². The molecule has 0 heterocycles. The summed E-state index contributed by atoms with van der Waals surface area (Å²) in [5.74, 6) is -2.35. The van der Waals surface area contributed by atoms with Crippen LogP contribution in [-0.4, -0.2) is 17.0 Å². The molecule has 0 aromatic heterocycles. The molecular formula is C16H14FNO3. The minimum Gasteiger partial charge on any atom is -0.478 e. The zero-order valence-corrected chi connectivity index (χ0v) is 11.4. The lowest BCUT2D eigenvalue weighted by Gasteiger charge is -2.07. The fraction of sp³-hybridized carbons (Fsp3) is 0.125. The Morgan fingerprint density at radius 1 is 1.14 bits per heavy atom. The second-order valence-electron chi connectivity index (χ2n) is 4.71. The van der Waals surface area contributed by atoms with E-state index in [4.69, 9.17) is 5.11 Å². The summed E-state index contributed by atoms with van der Waals surface area (Å²) in [4.78, 5) is 22.5. The maximum atomic E-state index is 13.7. The van der Waals surface area contributed by atoms with Gasteiger partial charge in [-0.2, -0.15) is 0 Å². The highest BCUT2D eigenvalue weighted by Gasteiger charge is 2.11. The van der Waals surface area contributed by atoms with Gasteiger partial charge in [0.05, 0.1) is 17.7 Å². The number of carbonyl (C=O) groups excluding carboxylic acids is 1. The van der Waals surface area contributed by atoms with E-state index in [0.717, 1.165) is 17.2 Å². The van der Waals surface area contributed by atoms with E-state index in [1.807, 2.05) is 31.2 Å². The van der Waals surface area contributed by atoms with Crippen LogP contribution in [0, 0.1) is 12.7 Å². The molecule has 1 amide bonds. The molecule has 0 spiro atoms. The van der Waals surface area contributed by atoms with E-state index in [-0.39, 0.29) is 23.6 Å². The first-order valence-electron chi connectivity index (χ1n) is 6.34. The van der Waals surface area contributed by atoms with Crippen LogP contribution in [0.4, 0.5) is 10.1 Å². The number of hydrogen-bond acceptors (Lipinski definition) is 2. The third kappa shape index (κ3) is 3.89. The number of carboxylic acid groups (broad SMARTS) is 1. The van der Waals surface area contributed by atoms with Crippen molar-refractivity contribution >= 4 is 17.6 Å². The standard InChI is InChI=1S/C16H14FNO3/c1-10-2-4-11(5-3-10)8-15(19)18-14-7-6-12(16(20)21)9-13(14)17/h2-7,9H,8H2,1H3,(H,18,19)(H,20,21). The van der Waals surface area contributed by atoms with Crippen molar-refractivity contribution in [1.29, 1.82) is 0 Å². The van der Waals surface area contributed by atoms with Gasteiger partial charge >= 0.3 is 5.97 Å². The van der Waals surface area contributed by atoms with Crippen LogP contribution in [0.2, 0.25) is 0 Å². The Morgan fingerprint density at radius 2 is 1.81 bits per heavy atom. The normalized spacial score (nSPS) is 10.2. The lowest BCUT2D eigenvalue weighted by atomic mass is 10.1. The van der Waals surface area contributed by atoms with Crippen LogP contribution < -0.4 is 5.32 Å². The summed E-state index contributed by atoms with van der Waals surface area (Å²) >= 11 is 0. The zero-order valence-electron chi connectivity index (χ0n) is 11.4. The summed E-state index contributed by atoms with van der Waals surface area (Å²) in [7, 11) is 0. The Hall–Kier alpha value is -2.69. The first-order chi connectivity index (χ1) is 9.95. The molecule has 0 aliphatic heterocycles. The van der Waals surface area contributed by atoms with Crippen molar-refractivity contribution in [1.82, 2.24) is 0 Å². The van der Waals surface area contributed by atoms with E-state index in [0.29, 0.717) is 0 Å². The number of carbonyl (C=O) groups is 2. The van der Waals surface area contributed by atoms with E-state index in [1.165, 1.54) is 12.1 Å². The summed E-state index contributed by atoms with van der Waals surface area (Å²) in [6.07, 6.45) is 0.125. The SMILES string of the molecule is Cc1ccc(CC(=O)Nc2ccc(C(=O)O)cc2F)cc1. The van der Waals surface area contributed by atoms with E-state index >= 15 is 0 Å². The second kappa shape index (κ2) is 6.17. The topological polar surface area (TPSA) is 66.4 Å². The summed E-state index contributed by atoms with van der Waals surface area (Å²) < 4.78 is 13.7. The van der Waals surface area contributed by atoms with Gasteiger partial charge in [-0.3, -0.25) is 4.79 Å². The molecule has 0 aliphatic rings. The molecule has 2 rings (SSSR count). The first-order valence-corrected chi connectivity index (χ1v) is 6.34. The zero-order chi connectivity index (χ0) is 15.4. The first kappa shape index (κ1) is 14.7. The average molecular weight is 287 g/mol. The van der Waals surface area contributed by atoms with Crippen LogP contribution in [0.1, 0.15) is 21.5 Å². The van der Waals surface area contributed by atoms with Gasteiger partial charge < -0.3 is 10.4 Å². The van der Waals surface area contributed by atoms with Gasteiger partial charge in [-0.15, -0.1) is 0 Å². The minimum atomic E-state index is -1.22. The fourth-order valence-corrected chi connectivity index (χ4v) is 1.84. The quantitative estimate of drug-likeness (QED) is 0.908. The van der Waals surface area contributed by atoms with Gasteiger partial charge in [-0.25, -0.2) is 9.18 Å². The van der Waals surface area contributed by atoms with E-state index in [1.54, 1.807) is 0 Å². The molecule has 0 radical (unpaired) electrons. The van der Waals surface area contributed by atoms with Crippen molar-refractivity contribution in [3.05, 3.63) is 65.0 Å². The van der Waals surface area contributed by atoms with Crippen LogP contribution in [0.25, 0.3) is 0 Å². The summed E-state index contributed by atoms with van der Waals surface area (Å²) in [5, 5.41) is 11.2. The smallest absolute Gasteiger partial charge is 0.335 e. The van der Waals surface area contributed by atoms with Gasteiger partial charge in [0.25, 0.3) is 0 Å². The van der Waals surface area contributed by atoms with Gasteiger partial charge in [0.1, 0.15) is 5.82 Å². The maximum Gasteiger partial charge on any atom is 0.335 e. The molecule has 4 nitrogen and oxygen atoms in total. The predicted octanol–water partition coefficient (Wildman–Crippen LogP) is 3.01. The number of nitrogens with one attached hydrogen (secondary N) is 1. The lowest BCUT2D eigenvalue weighted by Crippen LogP contribution is -2.15. The number of aryl methyl sites for hydroxylation is 1.